The van der Waals surface area contributed by atoms with Gasteiger partial charge in [0.1, 0.15) is 0 Å². The maximum Gasteiger partial charge on any atom is 0.0419 e. The second-order valence-corrected chi connectivity index (χ2v) is 5.19. The van der Waals surface area contributed by atoms with Gasteiger partial charge in [-0.3, -0.25) is 0 Å². The maximum absolute atomic E-state index is 3.60. The van der Waals surface area contributed by atoms with E-state index >= 15 is 0 Å². The molecule has 0 radical (unpaired) electrons. The van der Waals surface area contributed by atoms with Crippen LogP contribution in [0.3, 0.4) is 0 Å². The van der Waals surface area contributed by atoms with Gasteiger partial charge >= 0.3 is 0 Å². The van der Waals surface area contributed by atoms with Gasteiger partial charge in [-0.2, -0.15) is 0 Å². The van der Waals surface area contributed by atoms with Crippen molar-refractivity contribution in [3.8, 4) is 11.1 Å². The first kappa shape index (κ1) is 13.7. The molecule has 2 aromatic carbocycles. The van der Waals surface area contributed by atoms with E-state index < -0.39 is 0 Å². The molecule has 0 aliphatic rings. The molecule has 1 nitrogen and oxygen atoms in total. The van der Waals surface area contributed by atoms with E-state index in [9.17, 15) is 0 Å². The van der Waals surface area contributed by atoms with Crippen LogP contribution < -0.4 is 5.32 Å². The summed E-state index contributed by atoms with van der Waals surface area (Å²) in [4.78, 5) is 0. The fourth-order valence-electron chi connectivity index (χ4n) is 2.39. The molecule has 0 saturated heterocycles. The first-order valence-corrected chi connectivity index (χ1v) is 7.19. The minimum Gasteiger partial charge on any atom is -0.384 e. The molecule has 1 heteroatoms. The van der Waals surface area contributed by atoms with Gasteiger partial charge in [-0.25, -0.2) is 0 Å². The second-order valence-electron chi connectivity index (χ2n) is 5.19. The molecule has 2 rings (SSSR count). The SMILES string of the molecule is CCCC(C)CNc1ccccc1-c1ccccc1. The predicted octanol–water partition coefficient (Wildman–Crippen LogP) is 5.20. The third-order valence-corrected chi connectivity index (χ3v) is 3.43. The smallest absolute Gasteiger partial charge is 0.0419 e. The van der Waals surface area contributed by atoms with E-state index in [2.05, 4.69) is 73.8 Å². The van der Waals surface area contributed by atoms with Crippen molar-refractivity contribution in [2.75, 3.05) is 11.9 Å². The first-order chi connectivity index (χ1) is 9.31. The van der Waals surface area contributed by atoms with Crippen molar-refractivity contribution < 1.29 is 0 Å². The van der Waals surface area contributed by atoms with Crippen molar-refractivity contribution in [1.29, 1.82) is 0 Å². The van der Waals surface area contributed by atoms with Crippen molar-refractivity contribution in [3.05, 3.63) is 54.6 Å². The minimum atomic E-state index is 0.717. The summed E-state index contributed by atoms with van der Waals surface area (Å²) in [6, 6.07) is 19.1. The summed E-state index contributed by atoms with van der Waals surface area (Å²) >= 11 is 0. The number of para-hydroxylation sites is 1. The highest BCUT2D eigenvalue weighted by atomic mass is 14.9. The fourth-order valence-corrected chi connectivity index (χ4v) is 2.39. The summed E-state index contributed by atoms with van der Waals surface area (Å²) in [6.07, 6.45) is 2.53. The fraction of sp³-hybridized carbons (Fsp3) is 0.333. The van der Waals surface area contributed by atoms with Crippen molar-refractivity contribution in [2.45, 2.75) is 26.7 Å². The Morgan fingerprint density at radius 2 is 1.63 bits per heavy atom. The topological polar surface area (TPSA) is 12.0 Å². The third-order valence-electron chi connectivity index (χ3n) is 3.43. The zero-order valence-electron chi connectivity index (χ0n) is 11.9. The van der Waals surface area contributed by atoms with Gasteiger partial charge in [0.15, 0.2) is 0 Å². The molecule has 0 aliphatic heterocycles. The highest BCUT2D eigenvalue weighted by Crippen LogP contribution is 2.27. The van der Waals surface area contributed by atoms with Gasteiger partial charge in [0.05, 0.1) is 0 Å². The van der Waals surface area contributed by atoms with E-state index in [1.165, 1.54) is 29.7 Å². The lowest BCUT2D eigenvalue weighted by Crippen LogP contribution is -2.11. The Morgan fingerprint density at radius 1 is 0.947 bits per heavy atom. The van der Waals surface area contributed by atoms with E-state index in [0.29, 0.717) is 5.92 Å². The molecule has 0 fully saturated rings. The zero-order valence-corrected chi connectivity index (χ0v) is 11.9. The largest absolute Gasteiger partial charge is 0.384 e. The number of nitrogens with one attached hydrogen (secondary N) is 1. The van der Waals surface area contributed by atoms with Crippen LogP contribution in [0.5, 0.6) is 0 Å². The van der Waals surface area contributed by atoms with Crippen LogP contribution in [-0.4, -0.2) is 6.54 Å². The van der Waals surface area contributed by atoms with Crippen LogP contribution in [0, 0.1) is 5.92 Å². The summed E-state index contributed by atoms with van der Waals surface area (Å²) in [6.45, 7) is 5.59. The van der Waals surface area contributed by atoms with Crippen LogP contribution in [0.15, 0.2) is 54.6 Å². The van der Waals surface area contributed by atoms with Crippen LogP contribution in [0.2, 0.25) is 0 Å². The molecule has 0 saturated carbocycles. The van der Waals surface area contributed by atoms with Gasteiger partial charge in [-0.15, -0.1) is 0 Å². The standard InChI is InChI=1S/C18H23N/c1-3-9-15(2)14-19-18-13-8-7-12-17(18)16-10-5-4-6-11-16/h4-8,10-13,15,19H,3,9,14H2,1-2H3. The van der Waals surface area contributed by atoms with Gasteiger partial charge in [-0.1, -0.05) is 68.8 Å². The molecule has 0 bridgehead atoms. The molecule has 0 spiro atoms. The summed E-state index contributed by atoms with van der Waals surface area (Å²) in [5, 5.41) is 3.60. The molecule has 19 heavy (non-hydrogen) atoms. The van der Waals surface area contributed by atoms with Crippen LogP contribution >= 0.6 is 0 Å². The highest BCUT2D eigenvalue weighted by molar-refractivity contribution is 5.77. The van der Waals surface area contributed by atoms with Crippen molar-refractivity contribution in [2.24, 2.45) is 5.92 Å². The highest BCUT2D eigenvalue weighted by Gasteiger charge is 2.05. The summed E-state index contributed by atoms with van der Waals surface area (Å²) in [5.41, 5.74) is 3.79. The quantitative estimate of drug-likeness (QED) is 0.746. The monoisotopic (exact) mass is 253 g/mol. The number of hydrogen-bond donors (Lipinski definition) is 1. The van der Waals surface area contributed by atoms with Gasteiger partial charge in [0, 0.05) is 17.8 Å². The lowest BCUT2D eigenvalue weighted by molar-refractivity contribution is 0.551. The first-order valence-electron chi connectivity index (χ1n) is 7.19. The molecule has 0 amide bonds. The van der Waals surface area contributed by atoms with Gasteiger partial charge in [0.2, 0.25) is 0 Å². The van der Waals surface area contributed by atoms with E-state index in [1.54, 1.807) is 0 Å². The van der Waals surface area contributed by atoms with E-state index in [4.69, 9.17) is 0 Å². The molecule has 1 atom stereocenters. The minimum absolute atomic E-state index is 0.717. The van der Waals surface area contributed by atoms with E-state index in [0.717, 1.165) is 6.54 Å². The number of anilines is 1. The molecular formula is C18H23N. The molecule has 0 aliphatic carbocycles. The predicted molar refractivity (Wildman–Crippen MR) is 84.4 cm³/mol. The number of benzene rings is 2. The van der Waals surface area contributed by atoms with E-state index in [1.807, 2.05) is 0 Å². The van der Waals surface area contributed by atoms with E-state index in [-0.39, 0.29) is 0 Å². The molecule has 0 aromatic heterocycles. The molecular weight excluding hydrogens is 230 g/mol. The van der Waals surface area contributed by atoms with Crippen molar-refractivity contribution in [1.82, 2.24) is 0 Å². The Bertz CT molecular complexity index is 490. The lowest BCUT2D eigenvalue weighted by Gasteiger charge is -2.15. The van der Waals surface area contributed by atoms with Crippen LogP contribution in [0.4, 0.5) is 5.69 Å². The lowest BCUT2D eigenvalue weighted by atomic mass is 10.0. The third kappa shape index (κ3) is 3.85. The average Bonchev–Trinajstić information content (AvgIpc) is 2.47. The van der Waals surface area contributed by atoms with Crippen LogP contribution in [0.1, 0.15) is 26.7 Å². The van der Waals surface area contributed by atoms with Gasteiger partial charge in [-0.05, 0) is 24.0 Å². The number of hydrogen-bond acceptors (Lipinski definition) is 1. The Labute approximate surface area is 116 Å². The number of rotatable bonds is 6. The molecule has 100 valence electrons. The Hall–Kier alpha value is -1.76. The normalized spacial score (nSPS) is 12.1. The zero-order chi connectivity index (χ0) is 13.5. The molecule has 1 N–H and O–H groups in total. The van der Waals surface area contributed by atoms with Gasteiger partial charge < -0.3 is 5.32 Å². The molecule has 1 unspecified atom stereocenters. The Kier molecular flexibility index (Phi) is 5.02. The van der Waals surface area contributed by atoms with Crippen LogP contribution in [-0.2, 0) is 0 Å². The van der Waals surface area contributed by atoms with Crippen molar-refractivity contribution >= 4 is 5.69 Å². The average molecular weight is 253 g/mol. The molecule has 0 heterocycles. The summed E-state index contributed by atoms with van der Waals surface area (Å²) < 4.78 is 0. The van der Waals surface area contributed by atoms with Crippen molar-refractivity contribution in [3.63, 3.8) is 0 Å². The second kappa shape index (κ2) is 6.98. The molecule has 2 aromatic rings. The summed E-state index contributed by atoms with van der Waals surface area (Å²) in [5.74, 6) is 0.717. The van der Waals surface area contributed by atoms with Gasteiger partial charge in [0.25, 0.3) is 0 Å². The summed E-state index contributed by atoms with van der Waals surface area (Å²) in [7, 11) is 0. The maximum atomic E-state index is 3.60. The Balaban J connectivity index is 2.13. The van der Waals surface area contributed by atoms with Crippen LogP contribution in [0.25, 0.3) is 11.1 Å². The Morgan fingerprint density at radius 3 is 2.37 bits per heavy atom.